The number of nitrogens with zero attached hydrogens (tertiary/aromatic N) is 6. The van der Waals surface area contributed by atoms with Crippen LogP contribution in [0.15, 0.2) is 35.2 Å². The van der Waals surface area contributed by atoms with Crippen molar-refractivity contribution in [2.75, 3.05) is 4.90 Å². The maximum absolute atomic E-state index is 11.3. The minimum Gasteiger partial charge on any atom is -0.348 e. The van der Waals surface area contributed by atoms with Crippen LogP contribution < -0.4 is 4.90 Å². The first-order chi connectivity index (χ1) is 12.1. The third-order valence-corrected chi connectivity index (χ3v) is 4.90. The molecule has 4 rings (SSSR count). The van der Waals surface area contributed by atoms with E-state index >= 15 is 0 Å². The molecule has 0 spiro atoms. The third kappa shape index (κ3) is 2.84. The van der Waals surface area contributed by atoms with Crippen molar-refractivity contribution in [1.82, 2.24) is 19.7 Å². The molecule has 25 heavy (non-hydrogen) atoms. The molecule has 2 heterocycles. The Morgan fingerprint density at radius 3 is 2.84 bits per heavy atom. The number of nitro benzene ring substituents is 1. The van der Waals surface area contributed by atoms with E-state index in [1.807, 2.05) is 13.1 Å². The first-order valence-corrected chi connectivity index (χ1v) is 8.67. The van der Waals surface area contributed by atoms with Crippen molar-refractivity contribution in [3.8, 4) is 0 Å². The highest BCUT2D eigenvalue weighted by atomic mass is 79.9. The molecule has 0 bridgehead atoms. The van der Waals surface area contributed by atoms with E-state index in [9.17, 15) is 10.1 Å². The number of rotatable bonds is 5. The SMILES string of the molecule is Cn1nc(Br)c2c(N(Cc3ccccc3[N+](=O)[O-])C3CC3)ncnc21. The van der Waals surface area contributed by atoms with E-state index in [4.69, 9.17) is 0 Å². The highest BCUT2D eigenvalue weighted by Crippen LogP contribution is 2.38. The molecular weight excluding hydrogens is 388 g/mol. The number of hydrogen-bond acceptors (Lipinski definition) is 6. The molecule has 0 saturated heterocycles. The maximum Gasteiger partial charge on any atom is 0.274 e. The molecule has 1 saturated carbocycles. The quantitative estimate of drug-likeness (QED) is 0.480. The normalized spacial score (nSPS) is 14.0. The number of hydrogen-bond donors (Lipinski definition) is 0. The molecule has 0 radical (unpaired) electrons. The summed E-state index contributed by atoms with van der Waals surface area (Å²) in [7, 11) is 1.83. The predicted octanol–water partition coefficient (Wildman–Crippen LogP) is 3.20. The fourth-order valence-corrected chi connectivity index (χ4v) is 3.61. The van der Waals surface area contributed by atoms with Gasteiger partial charge in [-0.2, -0.15) is 5.10 Å². The predicted molar refractivity (Wildman–Crippen MR) is 96.3 cm³/mol. The van der Waals surface area contributed by atoms with E-state index in [-0.39, 0.29) is 10.6 Å². The van der Waals surface area contributed by atoms with Crippen molar-refractivity contribution in [1.29, 1.82) is 0 Å². The largest absolute Gasteiger partial charge is 0.348 e. The summed E-state index contributed by atoms with van der Waals surface area (Å²) in [5.41, 5.74) is 1.53. The lowest BCUT2D eigenvalue weighted by molar-refractivity contribution is -0.385. The van der Waals surface area contributed by atoms with Crippen LogP contribution in [0.3, 0.4) is 0 Å². The Hall–Kier alpha value is -2.55. The number of aromatic nitrogens is 4. The molecule has 1 fully saturated rings. The number of benzene rings is 1. The summed E-state index contributed by atoms with van der Waals surface area (Å²) < 4.78 is 2.37. The Balaban J connectivity index is 1.81. The number of aryl methyl sites for hydroxylation is 1. The van der Waals surface area contributed by atoms with Crippen molar-refractivity contribution in [3.05, 3.63) is 50.9 Å². The summed E-state index contributed by atoms with van der Waals surface area (Å²) in [5, 5.41) is 16.5. The van der Waals surface area contributed by atoms with Crippen LogP contribution in [-0.2, 0) is 13.6 Å². The zero-order valence-corrected chi connectivity index (χ0v) is 15.0. The maximum atomic E-state index is 11.3. The van der Waals surface area contributed by atoms with Crippen LogP contribution >= 0.6 is 15.9 Å². The number of halogens is 1. The molecule has 0 unspecified atom stereocenters. The number of fused-ring (bicyclic) bond motifs is 1. The van der Waals surface area contributed by atoms with Crippen LogP contribution in [0.1, 0.15) is 18.4 Å². The highest BCUT2D eigenvalue weighted by Gasteiger charge is 2.33. The van der Waals surface area contributed by atoms with Crippen molar-refractivity contribution < 1.29 is 4.92 Å². The summed E-state index contributed by atoms with van der Waals surface area (Å²) in [4.78, 5) is 21.9. The zero-order chi connectivity index (χ0) is 17.6. The molecule has 0 N–H and O–H groups in total. The Kier molecular flexibility index (Phi) is 3.87. The molecule has 0 amide bonds. The fraction of sp³-hybridized carbons (Fsp3) is 0.312. The monoisotopic (exact) mass is 402 g/mol. The van der Waals surface area contributed by atoms with Gasteiger partial charge < -0.3 is 4.90 Å². The van der Waals surface area contributed by atoms with E-state index in [1.54, 1.807) is 16.8 Å². The molecule has 128 valence electrons. The fourth-order valence-electron chi connectivity index (χ4n) is 3.01. The molecule has 8 nitrogen and oxygen atoms in total. The molecule has 1 aliphatic carbocycles. The molecule has 1 aliphatic rings. The van der Waals surface area contributed by atoms with Gasteiger partial charge in [0.2, 0.25) is 0 Å². The van der Waals surface area contributed by atoms with E-state index < -0.39 is 0 Å². The second-order valence-corrected chi connectivity index (χ2v) is 6.81. The lowest BCUT2D eigenvalue weighted by atomic mass is 10.1. The van der Waals surface area contributed by atoms with Crippen molar-refractivity contribution in [3.63, 3.8) is 0 Å². The minimum atomic E-state index is -0.337. The van der Waals surface area contributed by atoms with Crippen LogP contribution in [-0.4, -0.2) is 30.7 Å². The van der Waals surface area contributed by atoms with Crippen LogP contribution in [0.2, 0.25) is 0 Å². The standard InChI is InChI=1S/C16H15BrN6O2/c1-21-15-13(14(17)20-21)16(19-9-18-15)22(11-6-7-11)8-10-4-2-3-5-12(10)23(24)25/h2-5,9,11H,6-8H2,1H3. The average Bonchev–Trinajstić information content (AvgIpc) is 3.39. The van der Waals surface area contributed by atoms with Gasteiger partial charge in [-0.05, 0) is 28.8 Å². The minimum absolute atomic E-state index is 0.128. The van der Waals surface area contributed by atoms with Crippen LogP contribution in [0.5, 0.6) is 0 Å². The van der Waals surface area contributed by atoms with Gasteiger partial charge in [0.15, 0.2) is 5.65 Å². The first-order valence-electron chi connectivity index (χ1n) is 7.88. The first kappa shape index (κ1) is 15.9. The lowest BCUT2D eigenvalue weighted by Gasteiger charge is -2.24. The molecule has 9 heteroatoms. The van der Waals surface area contributed by atoms with Gasteiger partial charge in [0, 0.05) is 24.7 Å². The molecule has 0 aliphatic heterocycles. The van der Waals surface area contributed by atoms with Crippen molar-refractivity contribution >= 4 is 38.5 Å². The smallest absolute Gasteiger partial charge is 0.274 e. The molecule has 1 aromatic carbocycles. The highest BCUT2D eigenvalue weighted by molar-refractivity contribution is 9.10. The van der Waals surface area contributed by atoms with Crippen LogP contribution in [0.4, 0.5) is 11.5 Å². The van der Waals surface area contributed by atoms with Crippen molar-refractivity contribution in [2.24, 2.45) is 7.05 Å². The Bertz CT molecular complexity index is 968. The molecule has 0 atom stereocenters. The summed E-state index contributed by atoms with van der Waals surface area (Å²) >= 11 is 3.48. The number of nitro groups is 1. The lowest BCUT2D eigenvalue weighted by Crippen LogP contribution is -2.26. The van der Waals surface area contributed by atoms with Gasteiger partial charge in [0.1, 0.15) is 16.7 Å². The second-order valence-electron chi connectivity index (χ2n) is 6.06. The van der Waals surface area contributed by atoms with E-state index in [0.29, 0.717) is 22.8 Å². The van der Waals surface area contributed by atoms with Gasteiger partial charge in [0.05, 0.1) is 16.9 Å². The molecular formula is C16H15BrN6O2. The molecule has 3 aromatic rings. The van der Waals surface area contributed by atoms with Gasteiger partial charge in [-0.3, -0.25) is 10.1 Å². The Labute approximate surface area is 151 Å². The van der Waals surface area contributed by atoms with Crippen molar-refractivity contribution in [2.45, 2.75) is 25.4 Å². The van der Waals surface area contributed by atoms with E-state index in [2.05, 4.69) is 35.9 Å². The Morgan fingerprint density at radius 2 is 2.12 bits per heavy atom. The van der Waals surface area contributed by atoms with E-state index in [1.165, 1.54) is 12.4 Å². The van der Waals surface area contributed by atoms with E-state index in [0.717, 1.165) is 29.7 Å². The number of anilines is 1. The summed E-state index contributed by atoms with van der Waals surface area (Å²) in [6.07, 6.45) is 3.61. The van der Waals surface area contributed by atoms with Gasteiger partial charge in [-0.15, -0.1) is 0 Å². The van der Waals surface area contributed by atoms with Gasteiger partial charge in [-0.1, -0.05) is 18.2 Å². The summed E-state index contributed by atoms with van der Waals surface area (Å²) in [6.45, 7) is 0.426. The van der Waals surface area contributed by atoms with Gasteiger partial charge in [0.25, 0.3) is 5.69 Å². The topological polar surface area (TPSA) is 90.0 Å². The third-order valence-electron chi connectivity index (χ3n) is 4.35. The zero-order valence-electron chi connectivity index (χ0n) is 13.5. The Morgan fingerprint density at radius 1 is 1.36 bits per heavy atom. The molecule has 2 aromatic heterocycles. The summed E-state index contributed by atoms with van der Waals surface area (Å²) in [5.74, 6) is 0.755. The van der Waals surface area contributed by atoms with Gasteiger partial charge >= 0.3 is 0 Å². The number of para-hydroxylation sites is 1. The summed E-state index contributed by atoms with van der Waals surface area (Å²) in [6, 6.07) is 7.16. The van der Waals surface area contributed by atoms with Crippen LogP contribution in [0.25, 0.3) is 11.0 Å². The second kappa shape index (κ2) is 6.07. The van der Waals surface area contributed by atoms with Crippen LogP contribution in [0, 0.1) is 10.1 Å². The van der Waals surface area contributed by atoms with Gasteiger partial charge in [-0.25, -0.2) is 14.6 Å². The average molecular weight is 403 g/mol.